The molecular formula is C27H21N5O2S. The molecule has 6 aromatic rings. The maximum atomic E-state index is 13.6. The molecule has 7 nitrogen and oxygen atoms in total. The van der Waals surface area contributed by atoms with E-state index in [9.17, 15) is 9.59 Å². The molecular weight excluding hydrogens is 458 g/mol. The van der Waals surface area contributed by atoms with E-state index in [0.29, 0.717) is 27.4 Å². The summed E-state index contributed by atoms with van der Waals surface area (Å²) >= 11 is 1.32. The Kier molecular flexibility index (Phi) is 5.04. The number of ketones is 1. The second-order valence-electron chi connectivity index (χ2n) is 8.48. The first-order chi connectivity index (χ1) is 17.0. The van der Waals surface area contributed by atoms with Crippen LogP contribution in [0.3, 0.4) is 0 Å². The lowest BCUT2D eigenvalue weighted by Crippen LogP contribution is -2.23. The van der Waals surface area contributed by atoms with Crippen LogP contribution in [-0.4, -0.2) is 35.7 Å². The molecule has 8 heteroatoms. The fourth-order valence-corrected chi connectivity index (χ4v) is 5.47. The molecule has 172 valence electrons. The number of nitrogens with one attached hydrogen (secondary N) is 1. The van der Waals surface area contributed by atoms with Crippen molar-refractivity contribution in [1.29, 1.82) is 0 Å². The largest absolute Gasteiger partial charge is 0.360 e. The van der Waals surface area contributed by atoms with E-state index in [1.165, 1.54) is 11.8 Å². The molecule has 0 bridgehead atoms. The Labute approximate surface area is 204 Å². The number of para-hydroxylation sites is 3. The van der Waals surface area contributed by atoms with E-state index in [1.807, 2.05) is 85.0 Å². The van der Waals surface area contributed by atoms with E-state index in [0.717, 1.165) is 27.7 Å². The van der Waals surface area contributed by atoms with Crippen molar-refractivity contribution in [1.82, 2.24) is 24.1 Å². The van der Waals surface area contributed by atoms with Crippen molar-refractivity contribution in [2.45, 2.75) is 19.0 Å². The van der Waals surface area contributed by atoms with Gasteiger partial charge in [0.1, 0.15) is 0 Å². The van der Waals surface area contributed by atoms with Crippen LogP contribution in [0.2, 0.25) is 0 Å². The minimum Gasteiger partial charge on any atom is -0.360 e. The molecule has 3 aromatic heterocycles. The lowest BCUT2D eigenvalue weighted by atomic mass is 10.1. The normalized spacial score (nSPS) is 11.6. The number of fused-ring (bicyclic) bond motifs is 4. The van der Waals surface area contributed by atoms with E-state index in [1.54, 1.807) is 10.8 Å². The minimum absolute atomic E-state index is 0.00317. The molecule has 0 aliphatic rings. The van der Waals surface area contributed by atoms with Crippen LogP contribution in [0.15, 0.2) is 82.9 Å². The van der Waals surface area contributed by atoms with Gasteiger partial charge in [-0.15, -0.1) is 10.2 Å². The number of aromatic amines is 1. The molecule has 35 heavy (non-hydrogen) atoms. The average molecular weight is 480 g/mol. The van der Waals surface area contributed by atoms with Crippen molar-refractivity contribution in [3.63, 3.8) is 0 Å². The predicted octanol–water partition coefficient (Wildman–Crippen LogP) is 5.11. The number of aromatic nitrogens is 5. The first kappa shape index (κ1) is 21.4. The first-order valence-corrected chi connectivity index (χ1v) is 12.2. The van der Waals surface area contributed by atoms with Crippen LogP contribution < -0.4 is 5.56 Å². The number of Topliss-reactive ketones (excluding diaryl/α,β-unsaturated/α-hetero) is 1. The third kappa shape index (κ3) is 3.37. The van der Waals surface area contributed by atoms with Crippen LogP contribution in [0.1, 0.15) is 21.5 Å². The maximum absolute atomic E-state index is 13.6. The van der Waals surface area contributed by atoms with E-state index in [-0.39, 0.29) is 17.1 Å². The summed E-state index contributed by atoms with van der Waals surface area (Å²) in [5, 5.41) is 10.8. The molecule has 0 saturated heterocycles. The van der Waals surface area contributed by atoms with E-state index < -0.39 is 0 Å². The number of nitrogens with zero attached hydrogens (tertiary/aromatic N) is 4. The summed E-state index contributed by atoms with van der Waals surface area (Å²) in [5.41, 5.74) is 4.88. The average Bonchev–Trinajstić information content (AvgIpc) is 3.49. The van der Waals surface area contributed by atoms with Crippen molar-refractivity contribution in [3.05, 3.63) is 100.0 Å². The molecule has 3 aromatic carbocycles. The molecule has 0 spiro atoms. The third-order valence-electron chi connectivity index (χ3n) is 6.28. The Morgan fingerprint density at radius 3 is 2.43 bits per heavy atom. The van der Waals surface area contributed by atoms with Gasteiger partial charge in [0, 0.05) is 22.7 Å². The highest BCUT2D eigenvalue weighted by atomic mass is 32.2. The number of benzene rings is 3. The molecule has 6 rings (SSSR count). The summed E-state index contributed by atoms with van der Waals surface area (Å²) in [6, 6.07) is 21.1. The van der Waals surface area contributed by atoms with Gasteiger partial charge in [-0.25, -0.2) is 4.57 Å². The van der Waals surface area contributed by atoms with Gasteiger partial charge in [0.15, 0.2) is 10.9 Å². The zero-order valence-corrected chi connectivity index (χ0v) is 20.0. The van der Waals surface area contributed by atoms with Crippen LogP contribution in [0.4, 0.5) is 0 Å². The van der Waals surface area contributed by atoms with Crippen LogP contribution in [-0.2, 0) is 0 Å². The van der Waals surface area contributed by atoms with Gasteiger partial charge in [-0.2, -0.15) is 0 Å². The van der Waals surface area contributed by atoms with Crippen molar-refractivity contribution >= 4 is 45.1 Å². The number of thioether (sulfide) groups is 1. The molecule has 0 aliphatic heterocycles. The highest BCUT2D eigenvalue weighted by Gasteiger charge is 2.21. The van der Waals surface area contributed by atoms with Crippen LogP contribution in [0, 0.1) is 13.8 Å². The molecule has 0 fully saturated rings. The Balaban J connectivity index is 1.49. The Morgan fingerprint density at radius 2 is 1.63 bits per heavy atom. The van der Waals surface area contributed by atoms with Gasteiger partial charge in [-0.1, -0.05) is 60.3 Å². The second-order valence-corrected chi connectivity index (χ2v) is 9.42. The molecule has 0 radical (unpaired) electrons. The van der Waals surface area contributed by atoms with Gasteiger partial charge in [0.25, 0.3) is 5.56 Å². The summed E-state index contributed by atoms with van der Waals surface area (Å²) in [5.74, 6) is 0.615. The van der Waals surface area contributed by atoms with Gasteiger partial charge >= 0.3 is 0 Å². The highest BCUT2D eigenvalue weighted by Crippen LogP contribution is 2.27. The monoisotopic (exact) mass is 479 g/mol. The number of hydrogen-bond acceptors (Lipinski definition) is 5. The quantitative estimate of drug-likeness (QED) is 0.274. The number of hydrogen-bond donors (Lipinski definition) is 1. The zero-order valence-electron chi connectivity index (χ0n) is 19.1. The van der Waals surface area contributed by atoms with Crippen LogP contribution in [0.5, 0.6) is 0 Å². The SMILES string of the molecule is Cc1cccc(C)c1-n1c(=O)c2ccccc2n2c(SCC(=O)c3c[nH]c4ccccc34)nnc12. The predicted molar refractivity (Wildman–Crippen MR) is 139 cm³/mol. The van der Waals surface area contributed by atoms with Crippen molar-refractivity contribution in [3.8, 4) is 5.69 Å². The Bertz CT molecular complexity index is 1810. The zero-order chi connectivity index (χ0) is 24.1. The fraction of sp³-hybridized carbons (Fsp3) is 0.111. The van der Waals surface area contributed by atoms with E-state index >= 15 is 0 Å². The van der Waals surface area contributed by atoms with Crippen LogP contribution >= 0.6 is 11.8 Å². The highest BCUT2D eigenvalue weighted by molar-refractivity contribution is 7.99. The standard InChI is InChI=1S/C27H21N5O2S/c1-16-8-7-9-17(2)24(16)32-25(34)19-11-4-6-13-22(19)31-26(32)29-30-27(31)35-15-23(33)20-14-28-21-12-5-3-10-18(20)21/h3-14,28H,15H2,1-2H3. The Hall–Kier alpha value is -4.17. The molecule has 0 unspecified atom stereocenters. The Morgan fingerprint density at radius 1 is 0.914 bits per heavy atom. The summed E-state index contributed by atoms with van der Waals surface area (Å²) < 4.78 is 3.50. The maximum Gasteiger partial charge on any atom is 0.267 e. The molecule has 0 atom stereocenters. The molecule has 0 aliphatic carbocycles. The van der Waals surface area contributed by atoms with Crippen molar-refractivity contribution < 1.29 is 4.79 Å². The smallest absolute Gasteiger partial charge is 0.267 e. The van der Waals surface area contributed by atoms with Gasteiger partial charge in [-0.05, 0) is 43.2 Å². The molecule has 1 N–H and O–H groups in total. The number of rotatable bonds is 5. The van der Waals surface area contributed by atoms with E-state index in [4.69, 9.17) is 0 Å². The topological polar surface area (TPSA) is 85.0 Å². The number of carbonyl (C=O) groups is 1. The summed E-state index contributed by atoms with van der Waals surface area (Å²) in [7, 11) is 0. The first-order valence-electron chi connectivity index (χ1n) is 11.2. The van der Waals surface area contributed by atoms with Crippen LogP contribution in [0.25, 0.3) is 33.3 Å². The fourth-order valence-electron chi connectivity index (χ4n) is 4.64. The molecule has 3 heterocycles. The van der Waals surface area contributed by atoms with Gasteiger partial charge in [0.05, 0.1) is 22.3 Å². The molecule has 0 saturated carbocycles. The van der Waals surface area contributed by atoms with Gasteiger partial charge < -0.3 is 4.98 Å². The molecule has 0 amide bonds. The summed E-state index contributed by atoms with van der Waals surface area (Å²) in [6.45, 7) is 3.96. The van der Waals surface area contributed by atoms with Gasteiger partial charge in [0.2, 0.25) is 5.78 Å². The van der Waals surface area contributed by atoms with Crippen molar-refractivity contribution in [2.24, 2.45) is 0 Å². The summed E-state index contributed by atoms with van der Waals surface area (Å²) in [4.78, 5) is 29.9. The van der Waals surface area contributed by atoms with Crippen molar-refractivity contribution in [2.75, 3.05) is 5.75 Å². The lowest BCUT2D eigenvalue weighted by molar-refractivity contribution is 0.102. The number of H-pyrrole nitrogens is 1. The third-order valence-corrected chi connectivity index (χ3v) is 7.21. The second kappa shape index (κ2) is 8.25. The number of aryl methyl sites for hydroxylation is 2. The van der Waals surface area contributed by atoms with Gasteiger partial charge in [-0.3, -0.25) is 14.0 Å². The lowest BCUT2D eigenvalue weighted by Gasteiger charge is -2.15. The van der Waals surface area contributed by atoms with E-state index in [2.05, 4.69) is 15.2 Å². The minimum atomic E-state index is -0.149. The summed E-state index contributed by atoms with van der Waals surface area (Å²) in [6.07, 6.45) is 1.75. The number of carbonyl (C=O) groups excluding carboxylic acids is 1.